The second kappa shape index (κ2) is 8.22. The van der Waals surface area contributed by atoms with Gasteiger partial charge >= 0.3 is 0 Å². The van der Waals surface area contributed by atoms with Crippen LogP contribution < -0.4 is 0 Å². The van der Waals surface area contributed by atoms with Crippen molar-refractivity contribution in [1.29, 1.82) is 0 Å². The van der Waals surface area contributed by atoms with Crippen LogP contribution in [0.4, 0.5) is 0 Å². The monoisotopic (exact) mass is 422 g/mol. The molecule has 0 radical (unpaired) electrons. The highest BCUT2D eigenvalue weighted by molar-refractivity contribution is 7.89. The van der Waals surface area contributed by atoms with E-state index in [0.717, 1.165) is 4.31 Å². The number of carbonyl (C=O) groups excluding carboxylic acids is 1. The van der Waals surface area contributed by atoms with Crippen LogP contribution in [0.1, 0.15) is 21.9 Å². The van der Waals surface area contributed by atoms with E-state index in [1.54, 1.807) is 24.3 Å². The summed E-state index contributed by atoms with van der Waals surface area (Å²) in [6.07, 6.45) is 3.05. The van der Waals surface area contributed by atoms with Crippen LogP contribution in [0, 0.1) is 0 Å². The maximum atomic E-state index is 13.1. The van der Waals surface area contributed by atoms with E-state index in [-0.39, 0.29) is 34.5 Å². The molecule has 0 saturated carbocycles. The van der Waals surface area contributed by atoms with E-state index in [1.807, 2.05) is 0 Å². The number of sulfonamides is 1. The molecule has 7 nitrogen and oxygen atoms in total. The fourth-order valence-corrected chi connectivity index (χ4v) is 3.99. The minimum atomic E-state index is -3.80. The Morgan fingerprint density at radius 3 is 2.04 bits per heavy atom. The van der Waals surface area contributed by atoms with Crippen LogP contribution in [0.3, 0.4) is 0 Å². The summed E-state index contributed by atoms with van der Waals surface area (Å²) in [5.41, 5.74) is 0.197. The van der Waals surface area contributed by atoms with Crippen LogP contribution in [0.5, 0.6) is 0 Å². The largest absolute Gasteiger partial charge is 0.467 e. The first-order valence-corrected chi connectivity index (χ1v) is 10.2. The molecule has 0 aliphatic carbocycles. The number of amides is 1. The Labute approximate surface area is 168 Å². The third-order valence-corrected chi connectivity index (χ3v) is 6.37. The number of hydrogen-bond acceptors (Lipinski definition) is 5. The molecule has 9 heteroatoms. The summed E-state index contributed by atoms with van der Waals surface area (Å²) in [5.74, 6) is 0.810. The molecule has 0 spiro atoms. The molecule has 0 atom stereocenters. The van der Waals surface area contributed by atoms with Gasteiger partial charge in [0.25, 0.3) is 5.91 Å². The van der Waals surface area contributed by atoms with Crippen molar-refractivity contribution in [3.05, 3.63) is 77.1 Å². The zero-order valence-electron chi connectivity index (χ0n) is 15.3. The van der Waals surface area contributed by atoms with Crippen LogP contribution >= 0.6 is 11.6 Å². The molecule has 2 heterocycles. The molecule has 3 rings (SSSR count). The van der Waals surface area contributed by atoms with Gasteiger partial charge in [0.05, 0.1) is 30.6 Å². The zero-order valence-corrected chi connectivity index (χ0v) is 16.9. The van der Waals surface area contributed by atoms with Crippen molar-refractivity contribution < 1.29 is 22.0 Å². The number of hydrogen-bond donors (Lipinski definition) is 0. The lowest BCUT2D eigenvalue weighted by atomic mass is 10.2. The van der Waals surface area contributed by atoms with Gasteiger partial charge in [-0.25, -0.2) is 12.7 Å². The number of nitrogens with zero attached hydrogens (tertiary/aromatic N) is 2. The van der Waals surface area contributed by atoms with Crippen molar-refractivity contribution in [1.82, 2.24) is 9.21 Å². The van der Waals surface area contributed by atoms with E-state index in [1.165, 1.54) is 49.7 Å². The predicted octanol–water partition coefficient (Wildman–Crippen LogP) is 3.62. The second-order valence-corrected chi connectivity index (χ2v) is 8.78. The first kappa shape index (κ1) is 20.2. The molecule has 28 heavy (non-hydrogen) atoms. The number of furan rings is 2. The van der Waals surface area contributed by atoms with E-state index in [9.17, 15) is 13.2 Å². The van der Waals surface area contributed by atoms with Crippen LogP contribution in [0.2, 0.25) is 5.02 Å². The molecule has 148 valence electrons. The molecule has 0 N–H and O–H groups in total. The smallest absolute Gasteiger partial charge is 0.254 e. The quantitative estimate of drug-likeness (QED) is 0.580. The van der Waals surface area contributed by atoms with Crippen molar-refractivity contribution in [3.8, 4) is 0 Å². The van der Waals surface area contributed by atoms with Gasteiger partial charge in [0.15, 0.2) is 0 Å². The van der Waals surface area contributed by atoms with Gasteiger partial charge in [-0.3, -0.25) is 4.79 Å². The van der Waals surface area contributed by atoms with Gasteiger partial charge in [0.1, 0.15) is 16.4 Å². The first-order valence-electron chi connectivity index (χ1n) is 8.35. The SMILES string of the molecule is CN(C)S(=O)(=O)c1cc(C(=O)N(Cc2ccco2)Cc2ccco2)ccc1Cl. The molecule has 0 aliphatic rings. The highest BCUT2D eigenvalue weighted by Crippen LogP contribution is 2.26. The maximum absolute atomic E-state index is 13.1. The topological polar surface area (TPSA) is 84.0 Å². The van der Waals surface area contributed by atoms with Gasteiger partial charge in [-0.05, 0) is 42.5 Å². The van der Waals surface area contributed by atoms with Gasteiger partial charge in [-0.1, -0.05) is 11.6 Å². The number of benzene rings is 1. The number of halogens is 1. The van der Waals surface area contributed by atoms with E-state index in [0.29, 0.717) is 11.5 Å². The Kier molecular flexibility index (Phi) is 5.93. The van der Waals surface area contributed by atoms with Gasteiger partial charge in [0, 0.05) is 19.7 Å². The van der Waals surface area contributed by atoms with Crippen molar-refractivity contribution in [3.63, 3.8) is 0 Å². The molecule has 0 saturated heterocycles. The fraction of sp³-hybridized carbons (Fsp3) is 0.211. The van der Waals surface area contributed by atoms with Crippen molar-refractivity contribution in [2.45, 2.75) is 18.0 Å². The maximum Gasteiger partial charge on any atom is 0.254 e. The van der Waals surface area contributed by atoms with Crippen LogP contribution in [0.15, 0.2) is 68.7 Å². The first-order chi connectivity index (χ1) is 13.3. The fourth-order valence-electron chi connectivity index (χ4n) is 2.59. The van der Waals surface area contributed by atoms with E-state index < -0.39 is 10.0 Å². The molecule has 3 aromatic rings. The normalized spacial score (nSPS) is 11.7. The molecular weight excluding hydrogens is 404 g/mol. The molecule has 0 aliphatic heterocycles. The summed E-state index contributed by atoms with van der Waals surface area (Å²) >= 11 is 6.08. The standard InChI is InChI=1S/C19H19ClN2O5S/c1-21(2)28(24,25)18-11-14(7-8-17(18)20)19(23)22(12-15-5-3-9-26-15)13-16-6-4-10-27-16/h3-11H,12-13H2,1-2H3. The second-order valence-electron chi connectivity index (χ2n) is 6.25. The van der Waals surface area contributed by atoms with Gasteiger partial charge in [0.2, 0.25) is 10.0 Å². The van der Waals surface area contributed by atoms with E-state index in [4.69, 9.17) is 20.4 Å². The average Bonchev–Trinajstić information content (AvgIpc) is 3.34. The third-order valence-electron chi connectivity index (χ3n) is 4.08. The summed E-state index contributed by atoms with van der Waals surface area (Å²) < 4.78 is 36.7. The van der Waals surface area contributed by atoms with Crippen molar-refractivity contribution in [2.24, 2.45) is 0 Å². The molecule has 0 fully saturated rings. The molecule has 0 unspecified atom stereocenters. The minimum absolute atomic E-state index is 0.0499. The lowest BCUT2D eigenvalue weighted by molar-refractivity contribution is 0.0704. The number of carbonyl (C=O) groups is 1. The highest BCUT2D eigenvalue weighted by atomic mass is 35.5. The van der Waals surface area contributed by atoms with E-state index in [2.05, 4.69) is 0 Å². The van der Waals surface area contributed by atoms with Gasteiger partial charge in [-0.15, -0.1) is 0 Å². The van der Waals surface area contributed by atoms with Gasteiger partial charge < -0.3 is 13.7 Å². The van der Waals surface area contributed by atoms with Crippen LogP contribution in [0.25, 0.3) is 0 Å². The third kappa shape index (κ3) is 4.30. The Bertz CT molecular complexity index is 1010. The Balaban J connectivity index is 1.96. The molecule has 1 aromatic carbocycles. The Morgan fingerprint density at radius 2 is 1.57 bits per heavy atom. The molecule has 2 aromatic heterocycles. The summed E-state index contributed by atoms with van der Waals surface area (Å²) in [7, 11) is -0.989. The summed E-state index contributed by atoms with van der Waals surface area (Å²) in [4.78, 5) is 14.5. The van der Waals surface area contributed by atoms with Crippen molar-refractivity contribution >= 4 is 27.5 Å². The Morgan fingerprint density at radius 1 is 1.00 bits per heavy atom. The average molecular weight is 423 g/mol. The highest BCUT2D eigenvalue weighted by Gasteiger charge is 2.25. The summed E-state index contributed by atoms with van der Waals surface area (Å²) in [6.45, 7) is 0.399. The van der Waals surface area contributed by atoms with Gasteiger partial charge in [-0.2, -0.15) is 0 Å². The van der Waals surface area contributed by atoms with Crippen molar-refractivity contribution in [2.75, 3.05) is 14.1 Å². The molecule has 1 amide bonds. The number of rotatable bonds is 7. The van der Waals surface area contributed by atoms with Crippen LogP contribution in [-0.2, 0) is 23.1 Å². The summed E-state index contributed by atoms with van der Waals surface area (Å²) in [6, 6.07) is 11.2. The lowest BCUT2D eigenvalue weighted by Gasteiger charge is -2.21. The minimum Gasteiger partial charge on any atom is -0.467 e. The lowest BCUT2D eigenvalue weighted by Crippen LogP contribution is -2.30. The molecular formula is C19H19ClN2O5S. The zero-order chi connectivity index (χ0) is 20.3. The summed E-state index contributed by atoms with van der Waals surface area (Å²) in [5, 5.41) is 0.0499. The van der Waals surface area contributed by atoms with E-state index >= 15 is 0 Å². The molecule has 0 bridgehead atoms. The predicted molar refractivity (Wildman–Crippen MR) is 103 cm³/mol. The Hall–Kier alpha value is -2.55. The van der Waals surface area contributed by atoms with Crippen LogP contribution in [-0.4, -0.2) is 37.6 Å².